The summed E-state index contributed by atoms with van der Waals surface area (Å²) in [5, 5.41) is 2.75. The number of rotatable bonds is 0. The molecule has 8 heavy (non-hydrogen) atoms. The summed E-state index contributed by atoms with van der Waals surface area (Å²) in [6.45, 7) is 2.00. The minimum atomic E-state index is 1.00. The number of hydrogen-bond donors (Lipinski definition) is 1. The zero-order valence-electron chi connectivity index (χ0n) is 5.74. The average Bonchev–Trinajstić information content (AvgIpc) is 2.17. The van der Waals surface area contributed by atoms with Crippen molar-refractivity contribution in [3.63, 3.8) is 0 Å². The van der Waals surface area contributed by atoms with Crippen molar-refractivity contribution in [2.45, 2.75) is 12.8 Å². The van der Waals surface area contributed by atoms with Gasteiger partial charge in [-0.05, 0) is 26.9 Å². The predicted molar refractivity (Wildman–Crippen MR) is 35.0 cm³/mol. The molecule has 0 aromatic rings. The Kier molecular flexibility index (Phi) is 6.85. The fourth-order valence-corrected chi connectivity index (χ4v) is 0.510. The molecule has 0 atom stereocenters. The van der Waals surface area contributed by atoms with Crippen molar-refractivity contribution in [2.75, 3.05) is 27.3 Å². The molecular weight excluding hydrogens is 102 g/mol. The van der Waals surface area contributed by atoms with E-state index in [1.165, 1.54) is 12.8 Å². The average molecular weight is 117 g/mol. The van der Waals surface area contributed by atoms with Gasteiger partial charge in [0.25, 0.3) is 0 Å². The molecule has 1 fully saturated rings. The molecule has 1 N–H and O–H groups in total. The second-order valence-corrected chi connectivity index (χ2v) is 1.82. The van der Waals surface area contributed by atoms with Gasteiger partial charge in [0.1, 0.15) is 0 Å². The van der Waals surface area contributed by atoms with E-state index in [9.17, 15) is 0 Å². The van der Waals surface area contributed by atoms with Gasteiger partial charge in [-0.2, -0.15) is 0 Å². The summed E-state index contributed by atoms with van der Waals surface area (Å²) in [5.74, 6) is 0. The zero-order valence-corrected chi connectivity index (χ0v) is 5.74. The van der Waals surface area contributed by atoms with Gasteiger partial charge in [0.2, 0.25) is 0 Å². The summed E-state index contributed by atoms with van der Waals surface area (Å²) < 4.78 is 4.94. The smallest absolute Gasteiger partial charge is 0.0466 e. The van der Waals surface area contributed by atoms with Gasteiger partial charge in [0, 0.05) is 13.2 Å². The molecular formula is C6H15NO. The highest BCUT2D eigenvalue weighted by Gasteiger charge is 1.94. The molecule has 0 aliphatic carbocycles. The van der Waals surface area contributed by atoms with Crippen LogP contribution in [0.25, 0.3) is 0 Å². The van der Waals surface area contributed by atoms with Gasteiger partial charge in [-0.3, -0.25) is 0 Å². The molecule has 50 valence electrons. The van der Waals surface area contributed by atoms with Crippen molar-refractivity contribution in [3.05, 3.63) is 0 Å². The fourth-order valence-electron chi connectivity index (χ4n) is 0.510. The SMILES string of the molecule is C1CCOC1.CNC. The Morgan fingerprint density at radius 1 is 1.12 bits per heavy atom. The molecule has 0 spiro atoms. The molecule has 0 aromatic heterocycles. The summed E-state index contributed by atoms with van der Waals surface area (Å²) in [7, 11) is 3.75. The first-order valence-electron chi connectivity index (χ1n) is 3.08. The summed E-state index contributed by atoms with van der Waals surface area (Å²) in [5.41, 5.74) is 0. The van der Waals surface area contributed by atoms with E-state index in [0.717, 1.165) is 13.2 Å². The Hall–Kier alpha value is -0.0800. The third kappa shape index (κ3) is 5.92. The second-order valence-electron chi connectivity index (χ2n) is 1.82. The van der Waals surface area contributed by atoms with Crippen LogP contribution in [0.2, 0.25) is 0 Å². The quantitative estimate of drug-likeness (QED) is 0.502. The van der Waals surface area contributed by atoms with Crippen LogP contribution in [-0.4, -0.2) is 27.3 Å². The van der Waals surface area contributed by atoms with Crippen molar-refractivity contribution in [2.24, 2.45) is 0 Å². The van der Waals surface area contributed by atoms with Crippen LogP contribution in [0.3, 0.4) is 0 Å². The highest BCUT2D eigenvalue weighted by Crippen LogP contribution is 1.98. The van der Waals surface area contributed by atoms with Crippen LogP contribution in [0.4, 0.5) is 0 Å². The molecule has 0 radical (unpaired) electrons. The molecule has 1 heterocycles. The standard InChI is InChI=1S/C4H8O.C2H7N/c1-2-4-5-3-1;1-3-2/h1-4H2;3H,1-2H3. The van der Waals surface area contributed by atoms with E-state index in [1.54, 1.807) is 0 Å². The van der Waals surface area contributed by atoms with Gasteiger partial charge in [0.05, 0.1) is 0 Å². The van der Waals surface area contributed by atoms with Crippen molar-refractivity contribution in [3.8, 4) is 0 Å². The molecule has 1 aliphatic rings. The summed E-state index contributed by atoms with van der Waals surface area (Å²) >= 11 is 0. The summed E-state index contributed by atoms with van der Waals surface area (Å²) in [4.78, 5) is 0. The van der Waals surface area contributed by atoms with Crippen molar-refractivity contribution in [1.82, 2.24) is 5.32 Å². The lowest BCUT2D eigenvalue weighted by Crippen LogP contribution is -1.89. The van der Waals surface area contributed by atoms with E-state index in [-0.39, 0.29) is 0 Å². The monoisotopic (exact) mass is 117 g/mol. The Balaban J connectivity index is 0.000000145. The van der Waals surface area contributed by atoms with E-state index in [2.05, 4.69) is 5.32 Å². The molecule has 2 heteroatoms. The minimum Gasteiger partial charge on any atom is -0.381 e. The number of nitrogens with one attached hydrogen (secondary N) is 1. The van der Waals surface area contributed by atoms with Gasteiger partial charge in [-0.15, -0.1) is 0 Å². The minimum absolute atomic E-state index is 1.00. The van der Waals surface area contributed by atoms with Gasteiger partial charge in [-0.1, -0.05) is 0 Å². The zero-order chi connectivity index (χ0) is 6.24. The van der Waals surface area contributed by atoms with Gasteiger partial charge < -0.3 is 10.1 Å². The Bertz CT molecular complexity index is 27.9. The summed E-state index contributed by atoms with van der Waals surface area (Å²) in [6.07, 6.45) is 2.56. The molecule has 1 saturated heterocycles. The third-order valence-electron chi connectivity index (χ3n) is 0.827. The Labute approximate surface area is 51.2 Å². The Morgan fingerprint density at radius 3 is 1.62 bits per heavy atom. The van der Waals surface area contributed by atoms with E-state index < -0.39 is 0 Å². The largest absolute Gasteiger partial charge is 0.381 e. The predicted octanol–water partition coefficient (Wildman–Crippen LogP) is 0.632. The molecule has 1 aliphatic heterocycles. The highest BCUT2D eigenvalue weighted by molar-refractivity contribution is 4.43. The lowest BCUT2D eigenvalue weighted by atomic mass is 10.4. The van der Waals surface area contributed by atoms with Gasteiger partial charge >= 0.3 is 0 Å². The van der Waals surface area contributed by atoms with Gasteiger partial charge in [0.15, 0.2) is 0 Å². The van der Waals surface area contributed by atoms with Crippen LogP contribution < -0.4 is 5.32 Å². The maximum atomic E-state index is 4.94. The normalized spacial score (nSPS) is 17.2. The molecule has 0 unspecified atom stereocenters. The van der Waals surface area contributed by atoms with E-state index in [1.807, 2.05) is 14.1 Å². The molecule has 0 amide bonds. The van der Waals surface area contributed by atoms with Crippen LogP contribution in [0.15, 0.2) is 0 Å². The molecule has 1 rings (SSSR count). The third-order valence-corrected chi connectivity index (χ3v) is 0.827. The lowest BCUT2D eigenvalue weighted by molar-refractivity contribution is 0.198. The van der Waals surface area contributed by atoms with Crippen LogP contribution in [0, 0.1) is 0 Å². The Morgan fingerprint density at radius 2 is 1.50 bits per heavy atom. The molecule has 0 bridgehead atoms. The second kappa shape index (κ2) is 6.92. The van der Waals surface area contributed by atoms with Crippen molar-refractivity contribution in [1.29, 1.82) is 0 Å². The molecule has 0 aromatic carbocycles. The molecule has 0 saturated carbocycles. The van der Waals surface area contributed by atoms with E-state index in [4.69, 9.17) is 4.74 Å². The maximum Gasteiger partial charge on any atom is 0.0466 e. The van der Waals surface area contributed by atoms with E-state index >= 15 is 0 Å². The van der Waals surface area contributed by atoms with Crippen LogP contribution in [-0.2, 0) is 4.74 Å². The van der Waals surface area contributed by atoms with Gasteiger partial charge in [-0.25, -0.2) is 0 Å². The first kappa shape index (κ1) is 7.92. The van der Waals surface area contributed by atoms with Crippen LogP contribution in [0.5, 0.6) is 0 Å². The first-order valence-corrected chi connectivity index (χ1v) is 3.08. The number of ether oxygens (including phenoxy) is 1. The summed E-state index contributed by atoms with van der Waals surface area (Å²) in [6, 6.07) is 0. The van der Waals surface area contributed by atoms with Crippen LogP contribution >= 0.6 is 0 Å². The van der Waals surface area contributed by atoms with E-state index in [0.29, 0.717) is 0 Å². The van der Waals surface area contributed by atoms with Crippen LogP contribution in [0.1, 0.15) is 12.8 Å². The fraction of sp³-hybridized carbons (Fsp3) is 1.00. The van der Waals surface area contributed by atoms with Crippen molar-refractivity contribution < 1.29 is 4.74 Å². The topological polar surface area (TPSA) is 21.3 Å². The number of hydrogen-bond acceptors (Lipinski definition) is 2. The maximum absolute atomic E-state index is 4.94. The van der Waals surface area contributed by atoms with Crippen molar-refractivity contribution >= 4 is 0 Å². The molecule has 2 nitrogen and oxygen atoms in total. The lowest BCUT2D eigenvalue weighted by Gasteiger charge is -1.76. The highest BCUT2D eigenvalue weighted by atomic mass is 16.5. The first-order chi connectivity index (χ1) is 3.91.